The zero-order valence-corrected chi connectivity index (χ0v) is 7.58. The van der Waals surface area contributed by atoms with Crippen LogP contribution in [0.5, 0.6) is 11.5 Å². The lowest BCUT2D eigenvalue weighted by molar-refractivity contribution is 0.387. The van der Waals surface area contributed by atoms with Crippen LogP contribution in [0.4, 0.5) is 0 Å². The van der Waals surface area contributed by atoms with Crippen LogP contribution < -0.4 is 6.15 Å². The summed E-state index contributed by atoms with van der Waals surface area (Å²) in [4.78, 5) is -0.817. The molecule has 0 amide bonds. The number of hydrogen-bond acceptors (Lipinski definition) is 5. The number of phenolic OH excluding ortho intramolecular Hbond substituents is 2. The number of benzene rings is 1. The van der Waals surface area contributed by atoms with Crippen molar-refractivity contribution in [2.24, 2.45) is 0 Å². The summed E-state index contributed by atoms with van der Waals surface area (Å²) in [7, 11) is -4.72. The summed E-state index contributed by atoms with van der Waals surface area (Å²) in [5.74, 6) is -1.54. The van der Waals surface area contributed by atoms with Crippen LogP contribution in [0.25, 0.3) is 0 Å². The summed E-state index contributed by atoms with van der Waals surface area (Å²) in [5, 5.41) is 17.7. The van der Waals surface area contributed by atoms with Crippen molar-refractivity contribution in [1.29, 1.82) is 0 Å². The van der Waals surface area contributed by atoms with Gasteiger partial charge in [0.1, 0.15) is 10.1 Å². The van der Waals surface area contributed by atoms with Crippen LogP contribution in [0.1, 0.15) is 0 Å². The first-order valence-corrected chi connectivity index (χ1v) is 4.30. The average molecular weight is 207 g/mol. The van der Waals surface area contributed by atoms with E-state index < -0.39 is 26.5 Å². The van der Waals surface area contributed by atoms with Crippen molar-refractivity contribution in [1.82, 2.24) is 6.15 Å². The van der Waals surface area contributed by atoms with Crippen LogP contribution in [0.15, 0.2) is 23.1 Å². The van der Waals surface area contributed by atoms with E-state index in [2.05, 4.69) is 0 Å². The smallest absolute Gasteiger partial charge is 0.175 e. The normalized spacial score (nSPS) is 10.5. The molecule has 0 atom stereocenters. The van der Waals surface area contributed by atoms with Gasteiger partial charge >= 0.3 is 0 Å². The molecule has 0 aliphatic heterocycles. The van der Waals surface area contributed by atoms with Crippen molar-refractivity contribution in [3.63, 3.8) is 0 Å². The molecule has 0 spiro atoms. The van der Waals surface area contributed by atoms with E-state index in [4.69, 9.17) is 10.2 Å². The van der Waals surface area contributed by atoms with Gasteiger partial charge in [0, 0.05) is 0 Å². The molecular formula is C6H9NO5S. The molecule has 1 aromatic carbocycles. The third-order valence-corrected chi connectivity index (χ3v) is 2.12. The predicted octanol–water partition coefficient (Wildman–Crippen LogP) is 0.378. The van der Waals surface area contributed by atoms with Gasteiger partial charge in [-0.05, 0) is 12.1 Å². The van der Waals surface area contributed by atoms with E-state index in [1.165, 1.54) is 0 Å². The van der Waals surface area contributed by atoms with Crippen LogP contribution in [0.3, 0.4) is 0 Å². The Kier molecular flexibility index (Phi) is 3.24. The lowest BCUT2D eigenvalue weighted by Gasteiger charge is -2.08. The van der Waals surface area contributed by atoms with Gasteiger partial charge in [-0.15, -0.1) is 0 Å². The molecule has 13 heavy (non-hydrogen) atoms. The van der Waals surface area contributed by atoms with Crippen LogP contribution in [-0.4, -0.2) is 23.2 Å². The van der Waals surface area contributed by atoms with Gasteiger partial charge in [0.05, 0.1) is 4.90 Å². The molecule has 0 saturated heterocycles. The Morgan fingerprint density at radius 2 is 1.77 bits per heavy atom. The summed E-state index contributed by atoms with van der Waals surface area (Å²) in [6, 6.07) is 3.14. The first-order valence-electron chi connectivity index (χ1n) is 2.90. The van der Waals surface area contributed by atoms with Crippen molar-refractivity contribution in [3.05, 3.63) is 18.2 Å². The first-order chi connectivity index (χ1) is 5.43. The van der Waals surface area contributed by atoms with E-state index in [1.54, 1.807) is 0 Å². The van der Waals surface area contributed by atoms with E-state index in [-0.39, 0.29) is 6.15 Å². The standard InChI is InChI=1S/C6H6O5S.H3N/c7-4-2-1-3-5(6(4)8)12(9,10)11;/h1-3,7-8H,(H,9,10,11);1H3. The SMILES string of the molecule is O=S(=O)([O-])c1cccc(O)c1O.[NH4+]. The van der Waals surface area contributed by atoms with Gasteiger partial charge in [0.15, 0.2) is 11.5 Å². The third-order valence-electron chi connectivity index (χ3n) is 1.25. The largest absolute Gasteiger partial charge is 0.744 e. The Hall–Kier alpha value is -1.31. The molecular weight excluding hydrogens is 198 g/mol. The van der Waals surface area contributed by atoms with Gasteiger partial charge in [0.25, 0.3) is 0 Å². The number of rotatable bonds is 1. The average Bonchev–Trinajstić information content (AvgIpc) is 1.92. The molecule has 0 unspecified atom stereocenters. The molecule has 0 radical (unpaired) electrons. The van der Waals surface area contributed by atoms with Gasteiger partial charge in [0.2, 0.25) is 0 Å². The molecule has 6 nitrogen and oxygen atoms in total. The van der Waals surface area contributed by atoms with Crippen LogP contribution in [-0.2, 0) is 10.1 Å². The van der Waals surface area contributed by atoms with Gasteiger partial charge < -0.3 is 20.9 Å². The highest BCUT2D eigenvalue weighted by Crippen LogP contribution is 2.30. The molecule has 0 aromatic heterocycles. The summed E-state index contributed by atoms with van der Waals surface area (Å²) in [6.07, 6.45) is 0. The lowest BCUT2D eigenvalue weighted by atomic mass is 10.3. The molecule has 1 aromatic rings. The maximum absolute atomic E-state index is 10.4. The quantitative estimate of drug-likeness (QED) is 0.452. The van der Waals surface area contributed by atoms with Crippen molar-refractivity contribution in [2.75, 3.05) is 0 Å². The molecule has 0 saturated carbocycles. The fraction of sp³-hybridized carbons (Fsp3) is 0. The van der Waals surface area contributed by atoms with Gasteiger partial charge in [-0.2, -0.15) is 0 Å². The molecule has 1 rings (SSSR count). The summed E-state index contributed by atoms with van der Waals surface area (Å²) in [6.45, 7) is 0. The summed E-state index contributed by atoms with van der Waals surface area (Å²) in [5.41, 5.74) is 0. The predicted molar refractivity (Wildman–Crippen MR) is 43.7 cm³/mol. The molecule has 0 heterocycles. The fourth-order valence-corrected chi connectivity index (χ4v) is 1.30. The summed E-state index contributed by atoms with van der Waals surface area (Å²) >= 11 is 0. The number of hydrogen-bond donors (Lipinski definition) is 3. The highest BCUT2D eigenvalue weighted by molar-refractivity contribution is 7.85. The van der Waals surface area contributed by atoms with Crippen LogP contribution >= 0.6 is 0 Å². The van der Waals surface area contributed by atoms with E-state index in [9.17, 15) is 13.0 Å². The van der Waals surface area contributed by atoms with E-state index >= 15 is 0 Å². The highest BCUT2D eigenvalue weighted by atomic mass is 32.2. The van der Waals surface area contributed by atoms with Gasteiger partial charge in [-0.25, -0.2) is 8.42 Å². The van der Waals surface area contributed by atoms with Crippen molar-refractivity contribution < 1.29 is 23.2 Å². The number of para-hydroxylation sites is 1. The Labute approximate surface area is 74.8 Å². The highest BCUT2D eigenvalue weighted by Gasteiger charge is 2.10. The topological polar surface area (TPSA) is 134 Å². The molecule has 74 valence electrons. The van der Waals surface area contributed by atoms with Gasteiger partial charge in [-0.1, -0.05) is 6.07 Å². The Bertz CT molecular complexity index is 399. The maximum Gasteiger partial charge on any atom is 0.175 e. The van der Waals surface area contributed by atoms with Crippen LogP contribution in [0.2, 0.25) is 0 Å². The monoisotopic (exact) mass is 207 g/mol. The zero-order chi connectivity index (χ0) is 9.35. The Morgan fingerprint density at radius 3 is 2.15 bits per heavy atom. The minimum Gasteiger partial charge on any atom is -0.744 e. The number of phenols is 2. The van der Waals surface area contributed by atoms with Gasteiger partial charge in [-0.3, -0.25) is 0 Å². The molecule has 7 heteroatoms. The van der Waals surface area contributed by atoms with E-state index in [1.807, 2.05) is 0 Å². The lowest BCUT2D eigenvalue weighted by Crippen LogP contribution is -1.98. The first kappa shape index (κ1) is 11.7. The molecule has 0 fully saturated rings. The molecule has 6 N–H and O–H groups in total. The third kappa shape index (κ3) is 2.31. The molecule has 0 aliphatic carbocycles. The zero-order valence-electron chi connectivity index (χ0n) is 6.76. The van der Waals surface area contributed by atoms with Crippen molar-refractivity contribution >= 4 is 10.1 Å². The van der Waals surface area contributed by atoms with Crippen LogP contribution in [0, 0.1) is 0 Å². The maximum atomic E-state index is 10.4. The number of quaternary nitrogens is 1. The second-order valence-corrected chi connectivity index (χ2v) is 3.43. The second kappa shape index (κ2) is 3.60. The molecule has 0 bridgehead atoms. The Morgan fingerprint density at radius 1 is 1.23 bits per heavy atom. The Balaban J connectivity index is 0.00000144. The van der Waals surface area contributed by atoms with Crippen molar-refractivity contribution in [3.8, 4) is 11.5 Å². The van der Waals surface area contributed by atoms with E-state index in [0.717, 1.165) is 18.2 Å². The summed E-state index contributed by atoms with van der Waals surface area (Å²) < 4.78 is 31.1. The minimum atomic E-state index is -4.72. The van der Waals surface area contributed by atoms with Crippen molar-refractivity contribution in [2.45, 2.75) is 4.90 Å². The molecule has 0 aliphatic rings. The number of aromatic hydroxyl groups is 2. The second-order valence-electron chi connectivity index (χ2n) is 2.08. The minimum absolute atomic E-state index is 0. The fourth-order valence-electron chi connectivity index (χ4n) is 0.712. The van der Waals surface area contributed by atoms with E-state index in [0.29, 0.717) is 0 Å².